The zero-order valence-corrected chi connectivity index (χ0v) is 17.0. The molecule has 1 atom stereocenters. The fraction of sp³-hybridized carbons (Fsp3) is 0.333. The van der Waals surface area contributed by atoms with Gasteiger partial charge >= 0.3 is 0 Å². The molecule has 1 aliphatic heterocycles. The third-order valence-electron chi connectivity index (χ3n) is 5.55. The van der Waals surface area contributed by atoms with Gasteiger partial charge in [-0.25, -0.2) is 4.98 Å². The van der Waals surface area contributed by atoms with Gasteiger partial charge in [0.25, 0.3) is 5.56 Å². The fourth-order valence-electron chi connectivity index (χ4n) is 4.17. The van der Waals surface area contributed by atoms with Crippen LogP contribution >= 0.6 is 0 Å². The molecule has 2 heterocycles. The van der Waals surface area contributed by atoms with Crippen LogP contribution in [0.3, 0.4) is 0 Å². The molecule has 1 saturated heterocycles. The smallest absolute Gasteiger partial charge is 0.251 e. The number of benzene rings is 2. The van der Waals surface area contributed by atoms with Crippen LogP contribution in [0.1, 0.15) is 42.1 Å². The first-order chi connectivity index (χ1) is 14.1. The van der Waals surface area contributed by atoms with Crippen molar-refractivity contribution in [1.82, 2.24) is 14.9 Å². The topological polar surface area (TPSA) is 58.2 Å². The van der Waals surface area contributed by atoms with Gasteiger partial charge < -0.3 is 9.72 Å². The minimum Gasteiger partial charge on any atom is -0.497 e. The summed E-state index contributed by atoms with van der Waals surface area (Å²) in [4.78, 5) is 21.7. The van der Waals surface area contributed by atoms with Crippen molar-refractivity contribution in [2.45, 2.75) is 38.8 Å². The molecule has 0 radical (unpaired) electrons. The fourth-order valence-corrected chi connectivity index (χ4v) is 4.17. The molecular weight excluding hydrogens is 362 g/mol. The number of likely N-dealkylation sites (tertiary alicyclic amines) is 1. The van der Waals surface area contributed by atoms with E-state index in [4.69, 9.17) is 4.74 Å². The van der Waals surface area contributed by atoms with E-state index in [0.29, 0.717) is 11.9 Å². The summed E-state index contributed by atoms with van der Waals surface area (Å²) in [5.41, 5.74) is 4.08. The van der Waals surface area contributed by atoms with E-state index in [-0.39, 0.29) is 5.56 Å². The molecule has 1 N–H and O–H groups in total. The van der Waals surface area contributed by atoms with Gasteiger partial charge in [0.1, 0.15) is 11.6 Å². The molecular formula is C24H27N3O2. The Morgan fingerprint density at radius 2 is 2.00 bits per heavy atom. The Balaban J connectivity index is 1.59. The Labute approximate surface area is 171 Å². The molecule has 4 rings (SSSR count). The highest BCUT2D eigenvalue weighted by Gasteiger charge is 2.24. The number of ether oxygens (including phenoxy) is 1. The average molecular weight is 389 g/mol. The Kier molecular flexibility index (Phi) is 5.76. The van der Waals surface area contributed by atoms with Crippen molar-refractivity contribution in [1.29, 1.82) is 0 Å². The third-order valence-corrected chi connectivity index (χ3v) is 5.55. The van der Waals surface area contributed by atoms with E-state index in [9.17, 15) is 4.79 Å². The van der Waals surface area contributed by atoms with E-state index >= 15 is 0 Å². The summed E-state index contributed by atoms with van der Waals surface area (Å²) >= 11 is 0. The van der Waals surface area contributed by atoms with Crippen molar-refractivity contribution in [3.63, 3.8) is 0 Å². The van der Waals surface area contributed by atoms with Gasteiger partial charge in [-0.1, -0.05) is 36.8 Å². The van der Waals surface area contributed by atoms with Crippen LogP contribution in [0.15, 0.2) is 59.4 Å². The van der Waals surface area contributed by atoms with Crippen molar-refractivity contribution in [3.8, 4) is 17.1 Å². The van der Waals surface area contributed by atoms with Crippen molar-refractivity contribution in [2.24, 2.45) is 0 Å². The highest BCUT2D eigenvalue weighted by atomic mass is 16.5. The molecule has 0 amide bonds. The molecule has 1 fully saturated rings. The zero-order chi connectivity index (χ0) is 20.2. The summed E-state index contributed by atoms with van der Waals surface area (Å²) in [6, 6.07) is 18.6. The van der Waals surface area contributed by atoms with Crippen LogP contribution in [0, 0.1) is 6.92 Å². The summed E-state index contributed by atoms with van der Waals surface area (Å²) in [6.07, 6.45) is 3.61. The molecule has 0 spiro atoms. The standard InChI is InChI=1S/C24H27N3O2/c1-17-13-23(28)26-24(25-17)20-9-5-7-18(14-20)16-27-12-4-3-11-22(27)19-8-6-10-21(15-19)29-2/h5-10,13-15,22H,3-4,11-12,16H2,1-2H3,(H,25,26,28). The number of aromatic amines is 1. The molecule has 0 bridgehead atoms. The molecule has 5 heteroatoms. The van der Waals surface area contributed by atoms with Crippen LogP contribution in [0.25, 0.3) is 11.4 Å². The highest BCUT2D eigenvalue weighted by Crippen LogP contribution is 2.33. The second-order valence-electron chi connectivity index (χ2n) is 7.69. The Hall–Kier alpha value is -2.92. The normalized spacial score (nSPS) is 17.2. The summed E-state index contributed by atoms with van der Waals surface area (Å²) in [5, 5.41) is 0. The lowest BCUT2D eigenvalue weighted by atomic mass is 9.94. The van der Waals surface area contributed by atoms with Gasteiger partial charge in [-0.3, -0.25) is 9.69 Å². The maximum atomic E-state index is 11.8. The zero-order valence-electron chi connectivity index (χ0n) is 17.0. The highest BCUT2D eigenvalue weighted by molar-refractivity contribution is 5.56. The van der Waals surface area contributed by atoms with Crippen LogP contribution < -0.4 is 10.3 Å². The van der Waals surface area contributed by atoms with Gasteiger partial charge in [-0.2, -0.15) is 0 Å². The predicted octanol–water partition coefficient (Wildman–Crippen LogP) is 4.48. The van der Waals surface area contributed by atoms with Gasteiger partial charge in [0, 0.05) is 29.9 Å². The number of hydrogen-bond donors (Lipinski definition) is 1. The number of hydrogen-bond acceptors (Lipinski definition) is 4. The number of rotatable bonds is 5. The van der Waals surface area contributed by atoms with E-state index in [1.807, 2.05) is 25.1 Å². The second kappa shape index (κ2) is 8.62. The molecule has 150 valence electrons. The predicted molar refractivity (Wildman–Crippen MR) is 115 cm³/mol. The molecule has 2 aromatic carbocycles. The van der Waals surface area contributed by atoms with Crippen LogP contribution in [0.2, 0.25) is 0 Å². The molecule has 3 aromatic rings. The molecule has 5 nitrogen and oxygen atoms in total. The lowest BCUT2D eigenvalue weighted by molar-refractivity contribution is 0.140. The number of aryl methyl sites for hydroxylation is 1. The van der Waals surface area contributed by atoms with Gasteiger partial charge in [0.15, 0.2) is 0 Å². The first-order valence-corrected chi connectivity index (χ1v) is 10.2. The van der Waals surface area contributed by atoms with Crippen molar-refractivity contribution >= 4 is 0 Å². The number of nitrogens with one attached hydrogen (secondary N) is 1. The largest absolute Gasteiger partial charge is 0.497 e. The summed E-state index contributed by atoms with van der Waals surface area (Å²) in [6.45, 7) is 3.78. The number of piperidine rings is 1. The monoisotopic (exact) mass is 389 g/mol. The quantitative estimate of drug-likeness (QED) is 0.699. The van der Waals surface area contributed by atoms with Gasteiger partial charge in [0.2, 0.25) is 0 Å². The first-order valence-electron chi connectivity index (χ1n) is 10.2. The molecule has 29 heavy (non-hydrogen) atoms. The molecule has 0 aliphatic carbocycles. The van der Waals surface area contributed by atoms with E-state index < -0.39 is 0 Å². The van der Waals surface area contributed by atoms with Gasteiger partial charge in [-0.05, 0) is 55.6 Å². The van der Waals surface area contributed by atoms with Crippen LogP contribution in [0.4, 0.5) is 0 Å². The molecule has 1 aliphatic rings. The maximum Gasteiger partial charge on any atom is 0.251 e. The maximum absolute atomic E-state index is 11.8. The number of aromatic nitrogens is 2. The second-order valence-corrected chi connectivity index (χ2v) is 7.69. The van der Waals surface area contributed by atoms with E-state index in [1.165, 1.54) is 30.0 Å². The minimum absolute atomic E-state index is 0.118. The van der Waals surface area contributed by atoms with Crippen LogP contribution in [0.5, 0.6) is 5.75 Å². The van der Waals surface area contributed by atoms with Crippen LogP contribution in [-0.4, -0.2) is 28.5 Å². The number of methoxy groups -OCH3 is 1. The summed E-state index contributed by atoms with van der Waals surface area (Å²) in [5.74, 6) is 1.53. The summed E-state index contributed by atoms with van der Waals surface area (Å²) < 4.78 is 5.43. The van der Waals surface area contributed by atoms with Gasteiger partial charge in [0.05, 0.1) is 7.11 Å². The van der Waals surface area contributed by atoms with Crippen molar-refractivity contribution in [2.75, 3.05) is 13.7 Å². The Bertz CT molecular complexity index is 1040. The third kappa shape index (κ3) is 4.57. The van der Waals surface area contributed by atoms with Crippen LogP contribution in [-0.2, 0) is 6.54 Å². The van der Waals surface area contributed by atoms with Crippen molar-refractivity contribution < 1.29 is 4.74 Å². The lowest BCUT2D eigenvalue weighted by Crippen LogP contribution is -2.32. The Morgan fingerprint density at radius 1 is 1.14 bits per heavy atom. The summed E-state index contributed by atoms with van der Waals surface area (Å²) in [7, 11) is 1.72. The Morgan fingerprint density at radius 3 is 2.83 bits per heavy atom. The molecule has 1 aromatic heterocycles. The van der Waals surface area contributed by atoms with E-state index in [0.717, 1.165) is 36.5 Å². The van der Waals surface area contributed by atoms with E-state index in [2.05, 4.69) is 45.2 Å². The number of nitrogens with zero attached hydrogens (tertiary/aromatic N) is 2. The van der Waals surface area contributed by atoms with Gasteiger partial charge in [-0.15, -0.1) is 0 Å². The molecule has 1 unspecified atom stereocenters. The molecule has 0 saturated carbocycles. The average Bonchev–Trinajstić information content (AvgIpc) is 2.74. The lowest BCUT2D eigenvalue weighted by Gasteiger charge is -2.36. The SMILES string of the molecule is COc1cccc(C2CCCCN2Cc2cccc(-c3nc(C)cc(=O)[nH]3)c2)c1. The number of H-pyrrole nitrogens is 1. The minimum atomic E-state index is -0.118. The van der Waals surface area contributed by atoms with E-state index in [1.54, 1.807) is 7.11 Å². The first kappa shape index (κ1) is 19.4. The van der Waals surface area contributed by atoms with Crippen molar-refractivity contribution in [3.05, 3.63) is 81.8 Å².